The zero-order valence-electron chi connectivity index (χ0n) is 12.3. The summed E-state index contributed by atoms with van der Waals surface area (Å²) in [5.74, 6) is -0.908. The molecule has 2 N–H and O–H groups in total. The highest BCUT2D eigenvalue weighted by molar-refractivity contribution is 5.75. The van der Waals surface area contributed by atoms with Crippen molar-refractivity contribution in [2.45, 2.75) is 57.9 Å². The summed E-state index contributed by atoms with van der Waals surface area (Å²) >= 11 is 0. The first-order chi connectivity index (χ1) is 9.63. The Balaban J connectivity index is 1.84. The molecule has 1 aliphatic heterocycles. The number of nitrogens with one attached hydrogen (secondary N) is 1. The van der Waals surface area contributed by atoms with Crippen LogP contribution >= 0.6 is 0 Å². The van der Waals surface area contributed by atoms with Crippen LogP contribution in [0.25, 0.3) is 0 Å². The van der Waals surface area contributed by atoms with Gasteiger partial charge in [0.25, 0.3) is 0 Å². The fraction of sp³-hybridized carbons (Fsp3) is 0.867. The number of carbonyl (C=O) groups excluding carboxylic acids is 1. The predicted molar refractivity (Wildman–Crippen MR) is 76.5 cm³/mol. The first-order valence-electron chi connectivity index (χ1n) is 7.90. The molecule has 0 radical (unpaired) electrons. The Kier molecular flexibility index (Phi) is 5.26. The van der Waals surface area contributed by atoms with Crippen molar-refractivity contribution in [1.29, 1.82) is 0 Å². The molecule has 0 bridgehead atoms. The van der Waals surface area contributed by atoms with Crippen LogP contribution in [-0.2, 0) is 4.79 Å². The molecule has 0 aromatic carbocycles. The fourth-order valence-corrected chi connectivity index (χ4v) is 3.62. The molecule has 5 nitrogen and oxygen atoms in total. The second-order valence-electron chi connectivity index (χ2n) is 6.07. The minimum Gasteiger partial charge on any atom is -0.481 e. The largest absolute Gasteiger partial charge is 0.481 e. The number of aliphatic carboxylic acids is 1. The van der Waals surface area contributed by atoms with Gasteiger partial charge in [0, 0.05) is 19.1 Å². The van der Waals surface area contributed by atoms with E-state index in [2.05, 4.69) is 12.2 Å². The molecular formula is C15H26N2O3. The summed E-state index contributed by atoms with van der Waals surface area (Å²) in [7, 11) is 0. The van der Waals surface area contributed by atoms with E-state index in [1.807, 2.05) is 4.90 Å². The summed E-state index contributed by atoms with van der Waals surface area (Å²) in [5.41, 5.74) is 0. The molecule has 1 saturated carbocycles. The zero-order chi connectivity index (χ0) is 14.5. The average molecular weight is 282 g/mol. The summed E-state index contributed by atoms with van der Waals surface area (Å²) in [6, 6.07) is 0.348. The third kappa shape index (κ3) is 3.44. The summed E-state index contributed by atoms with van der Waals surface area (Å²) in [6.45, 7) is 3.44. The van der Waals surface area contributed by atoms with E-state index in [1.165, 1.54) is 0 Å². The number of urea groups is 1. The maximum absolute atomic E-state index is 12.2. The first-order valence-corrected chi connectivity index (χ1v) is 7.90. The Labute approximate surface area is 120 Å². The highest BCUT2D eigenvalue weighted by atomic mass is 16.4. The van der Waals surface area contributed by atoms with Gasteiger partial charge in [-0.15, -0.1) is 0 Å². The van der Waals surface area contributed by atoms with Crippen molar-refractivity contribution in [3.8, 4) is 0 Å². The molecule has 2 fully saturated rings. The van der Waals surface area contributed by atoms with Crippen molar-refractivity contribution in [2.24, 2.45) is 11.8 Å². The lowest BCUT2D eigenvalue weighted by atomic mass is 9.79. The Bertz CT molecular complexity index is 359. The lowest BCUT2D eigenvalue weighted by molar-refractivity contribution is -0.144. The van der Waals surface area contributed by atoms with E-state index in [9.17, 15) is 14.7 Å². The van der Waals surface area contributed by atoms with Gasteiger partial charge >= 0.3 is 12.0 Å². The topological polar surface area (TPSA) is 69.6 Å². The number of likely N-dealkylation sites (tertiary alicyclic amines) is 1. The van der Waals surface area contributed by atoms with Gasteiger partial charge in [0.15, 0.2) is 0 Å². The van der Waals surface area contributed by atoms with Gasteiger partial charge in [-0.3, -0.25) is 4.79 Å². The minimum absolute atomic E-state index is 0.0101. The van der Waals surface area contributed by atoms with E-state index >= 15 is 0 Å². The van der Waals surface area contributed by atoms with Crippen LogP contribution in [0.15, 0.2) is 0 Å². The van der Waals surface area contributed by atoms with Gasteiger partial charge in [-0.2, -0.15) is 0 Å². The quantitative estimate of drug-likeness (QED) is 0.832. The molecule has 1 heterocycles. The van der Waals surface area contributed by atoms with Crippen molar-refractivity contribution < 1.29 is 14.7 Å². The number of amides is 2. The number of carbonyl (C=O) groups is 2. The van der Waals surface area contributed by atoms with Crippen LogP contribution in [0, 0.1) is 11.8 Å². The number of rotatable bonds is 4. The van der Waals surface area contributed by atoms with E-state index in [0.717, 1.165) is 51.5 Å². The van der Waals surface area contributed by atoms with Gasteiger partial charge in [0.05, 0.1) is 5.92 Å². The standard InChI is InChI=1S/C15H26N2O3/c1-2-12-7-5-9-17(12)15(20)16-10-11-6-3-4-8-13(11)14(18)19/h11-13H,2-10H2,1H3,(H,16,20)(H,18,19). The summed E-state index contributed by atoms with van der Waals surface area (Å²) in [4.78, 5) is 25.4. The molecule has 2 aliphatic rings. The van der Waals surface area contributed by atoms with Crippen LogP contribution in [0.2, 0.25) is 0 Å². The van der Waals surface area contributed by atoms with Crippen LogP contribution in [0.1, 0.15) is 51.9 Å². The number of hydrogen-bond acceptors (Lipinski definition) is 2. The zero-order valence-corrected chi connectivity index (χ0v) is 12.3. The van der Waals surface area contributed by atoms with Crippen LogP contribution in [0.3, 0.4) is 0 Å². The van der Waals surface area contributed by atoms with Gasteiger partial charge in [-0.1, -0.05) is 19.8 Å². The Morgan fingerprint density at radius 2 is 1.95 bits per heavy atom. The second-order valence-corrected chi connectivity index (χ2v) is 6.07. The molecule has 114 valence electrons. The molecule has 0 aromatic rings. The molecule has 0 spiro atoms. The molecular weight excluding hydrogens is 256 g/mol. The van der Waals surface area contributed by atoms with Crippen molar-refractivity contribution in [2.75, 3.05) is 13.1 Å². The molecule has 1 saturated heterocycles. The number of carboxylic acids is 1. The molecule has 20 heavy (non-hydrogen) atoms. The SMILES string of the molecule is CCC1CCCN1C(=O)NCC1CCCCC1C(=O)O. The van der Waals surface area contributed by atoms with E-state index in [0.29, 0.717) is 12.6 Å². The molecule has 0 aromatic heterocycles. The van der Waals surface area contributed by atoms with Crippen LogP contribution in [0.4, 0.5) is 4.79 Å². The summed E-state index contributed by atoms with van der Waals surface area (Å²) in [6.07, 6.45) is 6.88. The van der Waals surface area contributed by atoms with Gasteiger partial charge in [-0.25, -0.2) is 4.79 Å². The maximum atomic E-state index is 12.2. The van der Waals surface area contributed by atoms with Crippen molar-refractivity contribution >= 4 is 12.0 Å². The van der Waals surface area contributed by atoms with Crippen LogP contribution in [-0.4, -0.2) is 41.1 Å². The van der Waals surface area contributed by atoms with E-state index < -0.39 is 5.97 Å². The smallest absolute Gasteiger partial charge is 0.317 e. The van der Waals surface area contributed by atoms with Crippen molar-refractivity contribution in [1.82, 2.24) is 10.2 Å². The summed E-state index contributed by atoms with van der Waals surface area (Å²) in [5, 5.41) is 12.2. The highest BCUT2D eigenvalue weighted by Crippen LogP contribution is 2.30. The fourth-order valence-electron chi connectivity index (χ4n) is 3.62. The Hall–Kier alpha value is -1.26. The monoisotopic (exact) mass is 282 g/mol. The number of carboxylic acid groups (broad SMARTS) is 1. The van der Waals surface area contributed by atoms with Gasteiger partial charge < -0.3 is 15.3 Å². The van der Waals surface area contributed by atoms with Gasteiger partial charge in [0.1, 0.15) is 0 Å². The maximum Gasteiger partial charge on any atom is 0.317 e. The lowest BCUT2D eigenvalue weighted by Gasteiger charge is -2.30. The molecule has 3 unspecified atom stereocenters. The Morgan fingerprint density at radius 3 is 2.65 bits per heavy atom. The normalized spacial score (nSPS) is 30.2. The Morgan fingerprint density at radius 1 is 1.20 bits per heavy atom. The average Bonchev–Trinajstić information content (AvgIpc) is 2.93. The molecule has 5 heteroatoms. The van der Waals surface area contributed by atoms with Crippen molar-refractivity contribution in [3.05, 3.63) is 0 Å². The number of hydrogen-bond donors (Lipinski definition) is 2. The minimum atomic E-state index is -0.712. The first kappa shape index (κ1) is 15.1. The molecule has 2 amide bonds. The number of nitrogens with zero attached hydrogens (tertiary/aromatic N) is 1. The highest BCUT2D eigenvalue weighted by Gasteiger charge is 2.32. The second kappa shape index (κ2) is 6.95. The predicted octanol–water partition coefficient (Wildman–Crippen LogP) is 2.46. The van der Waals surface area contributed by atoms with E-state index in [-0.39, 0.29) is 17.9 Å². The third-order valence-corrected chi connectivity index (χ3v) is 4.85. The summed E-state index contributed by atoms with van der Waals surface area (Å²) < 4.78 is 0. The van der Waals surface area contributed by atoms with Crippen LogP contribution in [0.5, 0.6) is 0 Å². The van der Waals surface area contributed by atoms with Gasteiger partial charge in [0.2, 0.25) is 0 Å². The third-order valence-electron chi connectivity index (χ3n) is 4.85. The van der Waals surface area contributed by atoms with E-state index in [4.69, 9.17) is 0 Å². The lowest BCUT2D eigenvalue weighted by Crippen LogP contribution is -2.45. The van der Waals surface area contributed by atoms with Gasteiger partial charge in [-0.05, 0) is 38.0 Å². The molecule has 3 atom stereocenters. The molecule has 1 aliphatic carbocycles. The van der Waals surface area contributed by atoms with Crippen molar-refractivity contribution in [3.63, 3.8) is 0 Å². The van der Waals surface area contributed by atoms with Crippen LogP contribution < -0.4 is 5.32 Å². The molecule has 2 rings (SSSR count). The van der Waals surface area contributed by atoms with E-state index in [1.54, 1.807) is 0 Å².